The van der Waals surface area contributed by atoms with Crippen LogP contribution in [0.15, 0.2) is 23.0 Å². The number of furan rings is 1. The van der Waals surface area contributed by atoms with Crippen LogP contribution >= 0.6 is 11.3 Å². The summed E-state index contributed by atoms with van der Waals surface area (Å²) in [5.74, 6) is -1.51. The fourth-order valence-corrected chi connectivity index (χ4v) is 2.20. The van der Waals surface area contributed by atoms with Gasteiger partial charge in [0.2, 0.25) is 0 Å². The molecule has 0 unspecified atom stereocenters. The minimum atomic E-state index is -1.20. The van der Waals surface area contributed by atoms with E-state index in [1.807, 2.05) is 0 Å². The Morgan fingerprint density at radius 2 is 2.33 bits per heavy atom. The lowest BCUT2D eigenvalue weighted by molar-refractivity contribution is 0.0687. The molecule has 2 rings (SSSR count). The monoisotopic (exact) mass is 266 g/mol. The highest BCUT2D eigenvalue weighted by Gasteiger charge is 2.20. The number of Topliss-reactive ketones (excluding diaryl/α,β-unsaturated/α-hetero) is 1. The maximum absolute atomic E-state index is 11.3. The number of carbonyl (C=O) groups is 2. The first-order chi connectivity index (χ1) is 8.58. The molecular formula is C11H10N2O4S. The smallest absolute Gasteiger partial charge is 0.356 e. The SMILES string of the molecule is CC(=O)c1sc(NCc2ccoc2)nc1C(=O)O. The molecule has 0 bridgehead atoms. The van der Waals surface area contributed by atoms with E-state index in [0.29, 0.717) is 11.7 Å². The van der Waals surface area contributed by atoms with Gasteiger partial charge in [0.05, 0.1) is 12.5 Å². The molecular weight excluding hydrogens is 256 g/mol. The summed E-state index contributed by atoms with van der Waals surface area (Å²) < 4.78 is 4.90. The van der Waals surface area contributed by atoms with Gasteiger partial charge in [-0.1, -0.05) is 11.3 Å². The average molecular weight is 266 g/mol. The highest BCUT2D eigenvalue weighted by atomic mass is 32.1. The predicted octanol–water partition coefficient (Wildman–Crippen LogP) is 2.25. The van der Waals surface area contributed by atoms with Crippen LogP contribution in [0.3, 0.4) is 0 Å². The number of nitrogens with one attached hydrogen (secondary N) is 1. The summed E-state index contributed by atoms with van der Waals surface area (Å²) in [5.41, 5.74) is 0.702. The first-order valence-electron chi connectivity index (χ1n) is 5.08. The lowest BCUT2D eigenvalue weighted by Crippen LogP contribution is -2.04. The van der Waals surface area contributed by atoms with Crippen LogP contribution in [0.5, 0.6) is 0 Å². The number of carboxylic acid groups (broad SMARTS) is 1. The number of rotatable bonds is 5. The predicted molar refractivity (Wildman–Crippen MR) is 65.1 cm³/mol. The van der Waals surface area contributed by atoms with Gasteiger partial charge in [-0.2, -0.15) is 0 Å². The molecule has 0 saturated heterocycles. The Morgan fingerprint density at radius 3 is 2.83 bits per heavy atom. The number of hydrogen-bond donors (Lipinski definition) is 2. The molecule has 0 aromatic carbocycles. The lowest BCUT2D eigenvalue weighted by atomic mass is 10.3. The van der Waals surface area contributed by atoms with Crippen molar-refractivity contribution in [2.24, 2.45) is 0 Å². The van der Waals surface area contributed by atoms with Crippen molar-refractivity contribution in [3.63, 3.8) is 0 Å². The Bertz CT molecular complexity index is 542. The zero-order chi connectivity index (χ0) is 13.1. The van der Waals surface area contributed by atoms with Crippen molar-refractivity contribution in [3.8, 4) is 0 Å². The molecule has 2 N–H and O–H groups in total. The van der Waals surface area contributed by atoms with Crippen molar-refractivity contribution in [2.45, 2.75) is 13.5 Å². The van der Waals surface area contributed by atoms with Gasteiger partial charge in [0.15, 0.2) is 16.6 Å². The summed E-state index contributed by atoms with van der Waals surface area (Å²) in [5, 5.41) is 12.3. The van der Waals surface area contributed by atoms with Crippen molar-refractivity contribution >= 4 is 28.2 Å². The highest BCUT2D eigenvalue weighted by Crippen LogP contribution is 2.24. The molecule has 2 heterocycles. The quantitative estimate of drug-likeness (QED) is 0.806. The van der Waals surface area contributed by atoms with Crippen molar-refractivity contribution in [3.05, 3.63) is 34.7 Å². The van der Waals surface area contributed by atoms with Crippen LogP contribution in [0.2, 0.25) is 0 Å². The van der Waals surface area contributed by atoms with E-state index in [9.17, 15) is 9.59 Å². The molecule has 6 nitrogen and oxygen atoms in total. The molecule has 0 radical (unpaired) electrons. The van der Waals surface area contributed by atoms with E-state index in [2.05, 4.69) is 10.3 Å². The van der Waals surface area contributed by atoms with E-state index in [0.717, 1.165) is 16.9 Å². The van der Waals surface area contributed by atoms with Crippen molar-refractivity contribution in [1.29, 1.82) is 0 Å². The third kappa shape index (κ3) is 2.57. The number of ketones is 1. The van der Waals surface area contributed by atoms with Gasteiger partial charge in [-0.25, -0.2) is 9.78 Å². The summed E-state index contributed by atoms with van der Waals surface area (Å²) >= 11 is 1.03. The molecule has 0 aliphatic heterocycles. The molecule has 0 atom stereocenters. The largest absolute Gasteiger partial charge is 0.476 e. The van der Waals surface area contributed by atoms with E-state index < -0.39 is 5.97 Å². The second kappa shape index (κ2) is 5.01. The summed E-state index contributed by atoms with van der Waals surface area (Å²) in [6.07, 6.45) is 3.12. The van der Waals surface area contributed by atoms with Crippen LogP contribution in [0.25, 0.3) is 0 Å². The number of hydrogen-bond acceptors (Lipinski definition) is 6. The number of thiazole rings is 1. The Kier molecular flexibility index (Phi) is 3.42. The maximum atomic E-state index is 11.3. The molecule has 0 fully saturated rings. The van der Waals surface area contributed by atoms with E-state index in [-0.39, 0.29) is 16.4 Å². The zero-order valence-electron chi connectivity index (χ0n) is 9.47. The van der Waals surface area contributed by atoms with Crippen LogP contribution in [-0.4, -0.2) is 21.8 Å². The van der Waals surface area contributed by atoms with Gasteiger partial charge in [-0.15, -0.1) is 0 Å². The number of aromatic carboxylic acids is 1. The van der Waals surface area contributed by atoms with Gasteiger partial charge in [0.25, 0.3) is 0 Å². The van der Waals surface area contributed by atoms with Crippen molar-refractivity contribution < 1.29 is 19.1 Å². The van der Waals surface area contributed by atoms with Crippen LogP contribution in [0.4, 0.5) is 5.13 Å². The highest BCUT2D eigenvalue weighted by molar-refractivity contribution is 7.17. The van der Waals surface area contributed by atoms with E-state index in [1.54, 1.807) is 18.6 Å². The standard InChI is InChI=1S/C11H10N2O4S/c1-6(14)9-8(10(15)16)13-11(18-9)12-4-7-2-3-17-5-7/h2-3,5H,4H2,1H3,(H,12,13)(H,15,16). The van der Waals surface area contributed by atoms with Gasteiger partial charge in [0, 0.05) is 19.0 Å². The summed E-state index contributed by atoms with van der Waals surface area (Å²) in [6, 6.07) is 1.78. The molecule has 94 valence electrons. The molecule has 0 aliphatic rings. The molecule has 7 heteroatoms. The third-order valence-corrected chi connectivity index (χ3v) is 3.29. The second-order valence-electron chi connectivity index (χ2n) is 3.54. The first-order valence-corrected chi connectivity index (χ1v) is 5.89. The van der Waals surface area contributed by atoms with Gasteiger partial charge in [0.1, 0.15) is 4.88 Å². The summed E-state index contributed by atoms with van der Waals surface area (Å²) in [6.45, 7) is 1.78. The van der Waals surface area contributed by atoms with Gasteiger partial charge in [-0.05, 0) is 6.07 Å². The lowest BCUT2D eigenvalue weighted by Gasteiger charge is -1.97. The zero-order valence-corrected chi connectivity index (χ0v) is 10.3. The Morgan fingerprint density at radius 1 is 1.56 bits per heavy atom. The van der Waals surface area contributed by atoms with E-state index in [1.165, 1.54) is 6.92 Å². The number of nitrogens with zero attached hydrogens (tertiary/aromatic N) is 1. The van der Waals surface area contributed by atoms with Crippen LogP contribution in [0.1, 0.15) is 32.6 Å². The van der Waals surface area contributed by atoms with Crippen LogP contribution in [-0.2, 0) is 6.54 Å². The topological polar surface area (TPSA) is 92.4 Å². The normalized spacial score (nSPS) is 10.3. The maximum Gasteiger partial charge on any atom is 0.356 e. The molecule has 2 aromatic rings. The van der Waals surface area contributed by atoms with Crippen LogP contribution < -0.4 is 5.32 Å². The fourth-order valence-electron chi connectivity index (χ4n) is 1.35. The first kappa shape index (κ1) is 12.3. The number of carbonyl (C=O) groups excluding carboxylic acids is 1. The number of aromatic nitrogens is 1. The van der Waals surface area contributed by atoms with Crippen LogP contribution in [0, 0.1) is 0 Å². The van der Waals surface area contributed by atoms with Gasteiger partial charge >= 0.3 is 5.97 Å². The fraction of sp³-hybridized carbons (Fsp3) is 0.182. The minimum absolute atomic E-state index is 0.150. The Balaban J connectivity index is 2.16. The van der Waals surface area contributed by atoms with E-state index in [4.69, 9.17) is 9.52 Å². The molecule has 0 saturated carbocycles. The third-order valence-electron chi connectivity index (χ3n) is 2.17. The van der Waals surface area contributed by atoms with E-state index >= 15 is 0 Å². The minimum Gasteiger partial charge on any atom is -0.476 e. The average Bonchev–Trinajstić information content (AvgIpc) is 2.95. The molecule has 0 amide bonds. The molecule has 0 spiro atoms. The van der Waals surface area contributed by atoms with Crippen molar-refractivity contribution in [2.75, 3.05) is 5.32 Å². The van der Waals surface area contributed by atoms with Gasteiger partial charge in [-0.3, -0.25) is 4.79 Å². The molecule has 0 aliphatic carbocycles. The Hall–Kier alpha value is -2.15. The Labute approximate surface area is 106 Å². The van der Waals surface area contributed by atoms with Gasteiger partial charge < -0.3 is 14.8 Å². The van der Waals surface area contributed by atoms with Crippen molar-refractivity contribution in [1.82, 2.24) is 4.98 Å². The molecule has 18 heavy (non-hydrogen) atoms. The summed E-state index contributed by atoms with van der Waals surface area (Å²) in [7, 11) is 0. The molecule has 2 aromatic heterocycles. The number of anilines is 1. The number of carboxylic acids is 1. The summed E-state index contributed by atoms with van der Waals surface area (Å²) in [4.78, 5) is 26.2. The second-order valence-corrected chi connectivity index (χ2v) is 4.54.